The number of quaternary nitrogens is 1. The Morgan fingerprint density at radius 3 is 2.54 bits per heavy atom. The van der Waals surface area contributed by atoms with Crippen LogP contribution in [0.1, 0.15) is 31.0 Å². The normalized spacial score (nSPS) is 13.2. The van der Waals surface area contributed by atoms with Gasteiger partial charge in [0.15, 0.2) is 6.04 Å². The molecule has 0 fully saturated rings. The van der Waals surface area contributed by atoms with Crippen molar-refractivity contribution in [2.45, 2.75) is 32.5 Å². The summed E-state index contributed by atoms with van der Waals surface area (Å²) in [6.45, 7) is 4.48. The summed E-state index contributed by atoms with van der Waals surface area (Å²) in [7, 11) is 1.63. The Morgan fingerprint density at radius 1 is 1.21 bits per heavy atom. The first-order valence-corrected chi connectivity index (χ1v) is 8.38. The van der Waals surface area contributed by atoms with Crippen molar-refractivity contribution in [2.75, 3.05) is 7.11 Å². The van der Waals surface area contributed by atoms with Crippen molar-refractivity contribution in [1.82, 2.24) is 5.32 Å². The van der Waals surface area contributed by atoms with E-state index in [1.54, 1.807) is 7.11 Å². The van der Waals surface area contributed by atoms with E-state index < -0.39 is 0 Å². The van der Waals surface area contributed by atoms with Crippen LogP contribution < -0.4 is 15.4 Å². The smallest absolute Gasteiger partial charge is 0.278 e. The maximum absolute atomic E-state index is 12.3. The first-order valence-electron chi connectivity index (χ1n) is 8.00. The second kappa shape index (κ2) is 8.71. The van der Waals surface area contributed by atoms with Crippen molar-refractivity contribution in [3.8, 4) is 5.75 Å². The third-order valence-corrected chi connectivity index (χ3v) is 4.23. The molecule has 0 aliphatic heterocycles. The molecule has 128 valence electrons. The van der Waals surface area contributed by atoms with Crippen molar-refractivity contribution < 1.29 is 14.8 Å². The van der Waals surface area contributed by atoms with Crippen LogP contribution in [0.5, 0.6) is 5.75 Å². The summed E-state index contributed by atoms with van der Waals surface area (Å²) < 4.78 is 5.13. The fourth-order valence-corrected chi connectivity index (χ4v) is 2.71. The van der Waals surface area contributed by atoms with Gasteiger partial charge in [-0.15, -0.1) is 0 Å². The molecule has 0 aromatic heterocycles. The summed E-state index contributed by atoms with van der Waals surface area (Å²) in [6.07, 6.45) is 0. The van der Waals surface area contributed by atoms with Crippen molar-refractivity contribution >= 4 is 17.5 Å². The summed E-state index contributed by atoms with van der Waals surface area (Å²) in [5.41, 5.74) is 2.15. The van der Waals surface area contributed by atoms with Crippen LogP contribution in [0.15, 0.2) is 48.5 Å². The van der Waals surface area contributed by atoms with Gasteiger partial charge in [-0.1, -0.05) is 35.9 Å². The molecule has 2 aromatic carbocycles. The summed E-state index contributed by atoms with van der Waals surface area (Å²) in [4.78, 5) is 12.3. The van der Waals surface area contributed by atoms with Gasteiger partial charge in [-0.2, -0.15) is 0 Å². The van der Waals surface area contributed by atoms with E-state index in [9.17, 15) is 4.79 Å². The van der Waals surface area contributed by atoms with Crippen LogP contribution in [0.4, 0.5) is 0 Å². The maximum Gasteiger partial charge on any atom is 0.278 e. The van der Waals surface area contributed by atoms with Crippen molar-refractivity contribution in [3.05, 3.63) is 64.7 Å². The predicted octanol–water partition coefficient (Wildman–Crippen LogP) is 2.68. The van der Waals surface area contributed by atoms with E-state index in [1.165, 1.54) is 0 Å². The number of hydrogen-bond acceptors (Lipinski definition) is 2. The minimum Gasteiger partial charge on any atom is -0.497 e. The third kappa shape index (κ3) is 5.25. The minimum absolute atomic E-state index is 0.0136. The van der Waals surface area contributed by atoms with Crippen molar-refractivity contribution in [3.63, 3.8) is 0 Å². The molecule has 0 saturated heterocycles. The van der Waals surface area contributed by atoms with Crippen molar-refractivity contribution in [1.29, 1.82) is 0 Å². The van der Waals surface area contributed by atoms with E-state index in [4.69, 9.17) is 16.3 Å². The van der Waals surface area contributed by atoms with Gasteiger partial charge >= 0.3 is 0 Å². The molecule has 0 spiro atoms. The van der Waals surface area contributed by atoms with Crippen LogP contribution >= 0.6 is 11.6 Å². The number of halogens is 1. The standard InChI is InChI=1S/C19H23ClN2O2/c1-13(16-5-4-6-17(20)11-16)22-14(2)19(23)21-12-15-7-9-18(24-3)10-8-15/h4-11,13-14,22H,12H2,1-3H3,(H,21,23)/p+1/t13-,14+/m1/s1. The van der Waals surface area contributed by atoms with Crippen LogP contribution in [-0.4, -0.2) is 19.1 Å². The minimum atomic E-state index is -0.183. The van der Waals surface area contributed by atoms with Gasteiger partial charge in [0.05, 0.1) is 7.11 Å². The lowest BCUT2D eigenvalue weighted by Gasteiger charge is -2.17. The molecule has 0 saturated carbocycles. The average molecular weight is 348 g/mol. The summed E-state index contributed by atoms with van der Waals surface area (Å²) in [6, 6.07) is 15.4. The molecule has 0 heterocycles. The number of hydrogen-bond donors (Lipinski definition) is 2. The number of carbonyl (C=O) groups excluding carboxylic acids is 1. The molecule has 0 aliphatic carbocycles. The van der Waals surface area contributed by atoms with E-state index in [2.05, 4.69) is 12.2 Å². The van der Waals surface area contributed by atoms with E-state index >= 15 is 0 Å². The zero-order valence-corrected chi connectivity index (χ0v) is 15.0. The van der Waals surface area contributed by atoms with Crippen LogP contribution in [0.25, 0.3) is 0 Å². The first kappa shape index (κ1) is 18.3. The Kier molecular flexibility index (Phi) is 6.64. The van der Waals surface area contributed by atoms with Gasteiger partial charge in [-0.05, 0) is 43.7 Å². The number of carbonyl (C=O) groups is 1. The lowest BCUT2D eigenvalue weighted by atomic mass is 10.1. The zero-order valence-electron chi connectivity index (χ0n) is 14.3. The summed E-state index contributed by atoms with van der Waals surface area (Å²) >= 11 is 6.03. The van der Waals surface area contributed by atoms with E-state index in [1.807, 2.05) is 60.8 Å². The van der Waals surface area contributed by atoms with Gasteiger partial charge in [0.25, 0.3) is 5.91 Å². The van der Waals surface area contributed by atoms with E-state index in [0.717, 1.165) is 16.9 Å². The molecule has 0 radical (unpaired) electrons. The Balaban J connectivity index is 1.85. The number of ether oxygens (including phenoxy) is 1. The van der Waals surface area contributed by atoms with Gasteiger partial charge in [0, 0.05) is 17.1 Å². The monoisotopic (exact) mass is 347 g/mol. The second-order valence-corrected chi connectivity index (χ2v) is 6.33. The molecule has 2 aromatic rings. The Bertz CT molecular complexity index is 673. The maximum atomic E-state index is 12.3. The molecule has 0 unspecified atom stereocenters. The number of methoxy groups -OCH3 is 1. The largest absolute Gasteiger partial charge is 0.497 e. The molecule has 1 amide bonds. The SMILES string of the molecule is COc1ccc(CNC(=O)[C@H](C)[NH2+][C@H](C)c2cccc(Cl)c2)cc1. The highest BCUT2D eigenvalue weighted by Gasteiger charge is 2.20. The topological polar surface area (TPSA) is 54.9 Å². The van der Waals surface area contributed by atoms with Gasteiger partial charge in [0.2, 0.25) is 0 Å². The number of rotatable bonds is 7. The molecule has 0 bridgehead atoms. The number of benzene rings is 2. The van der Waals surface area contributed by atoms with E-state index in [0.29, 0.717) is 11.6 Å². The van der Waals surface area contributed by atoms with Crippen LogP contribution in [0.2, 0.25) is 5.02 Å². The molecular formula is C19H24ClN2O2+. The average Bonchev–Trinajstić information content (AvgIpc) is 2.60. The van der Waals surface area contributed by atoms with Gasteiger partial charge < -0.3 is 15.4 Å². The van der Waals surface area contributed by atoms with Crippen LogP contribution in [-0.2, 0) is 11.3 Å². The van der Waals surface area contributed by atoms with Gasteiger partial charge in [-0.25, -0.2) is 0 Å². The molecule has 2 rings (SSSR count). The molecule has 0 aliphatic rings. The van der Waals surface area contributed by atoms with Crippen LogP contribution in [0.3, 0.4) is 0 Å². The Hall–Kier alpha value is -2.04. The lowest BCUT2D eigenvalue weighted by molar-refractivity contribution is -0.710. The highest BCUT2D eigenvalue weighted by molar-refractivity contribution is 6.30. The van der Waals surface area contributed by atoms with Crippen molar-refractivity contribution in [2.24, 2.45) is 0 Å². The van der Waals surface area contributed by atoms with Gasteiger partial charge in [-0.3, -0.25) is 4.79 Å². The van der Waals surface area contributed by atoms with E-state index in [-0.39, 0.29) is 18.0 Å². The molecule has 5 heteroatoms. The molecular weight excluding hydrogens is 324 g/mol. The number of amides is 1. The molecule has 3 N–H and O–H groups in total. The Labute approximate surface area is 148 Å². The number of nitrogens with two attached hydrogens (primary N) is 1. The highest BCUT2D eigenvalue weighted by Crippen LogP contribution is 2.15. The Morgan fingerprint density at radius 2 is 1.92 bits per heavy atom. The molecule has 24 heavy (non-hydrogen) atoms. The number of nitrogens with one attached hydrogen (secondary N) is 1. The van der Waals surface area contributed by atoms with Gasteiger partial charge in [0.1, 0.15) is 11.8 Å². The fourth-order valence-electron chi connectivity index (χ4n) is 2.51. The quantitative estimate of drug-likeness (QED) is 0.809. The second-order valence-electron chi connectivity index (χ2n) is 5.89. The summed E-state index contributed by atoms with van der Waals surface area (Å²) in [5, 5.41) is 5.72. The third-order valence-electron chi connectivity index (χ3n) is 3.99. The zero-order chi connectivity index (χ0) is 17.5. The first-order chi connectivity index (χ1) is 11.5. The van der Waals surface area contributed by atoms with Crippen LogP contribution in [0, 0.1) is 0 Å². The molecule has 4 nitrogen and oxygen atoms in total. The molecule has 2 atom stereocenters. The highest BCUT2D eigenvalue weighted by atomic mass is 35.5. The fraction of sp³-hybridized carbons (Fsp3) is 0.316. The summed E-state index contributed by atoms with van der Waals surface area (Å²) in [5.74, 6) is 0.821. The lowest BCUT2D eigenvalue weighted by Crippen LogP contribution is -2.92. The predicted molar refractivity (Wildman–Crippen MR) is 96.1 cm³/mol.